The van der Waals surface area contributed by atoms with Gasteiger partial charge in [-0.3, -0.25) is 4.79 Å². The fourth-order valence-corrected chi connectivity index (χ4v) is 3.81. The number of fused-ring (bicyclic) bond motifs is 1. The standard InChI is InChI=1S/C23H25N3O/c1-2-18-13-16-25(17-14-18)22(27)12-11-20-21-10-6-7-15-26(21)24-23(20)19-8-4-3-5-9-19/h3-12,15,18H,2,13-14,16-17H2,1H3/b12-11+. The van der Waals surface area contributed by atoms with E-state index in [1.807, 2.05) is 58.1 Å². The third-order valence-electron chi connectivity index (χ3n) is 5.52. The van der Waals surface area contributed by atoms with E-state index in [1.54, 1.807) is 6.08 Å². The topological polar surface area (TPSA) is 37.6 Å². The summed E-state index contributed by atoms with van der Waals surface area (Å²) in [7, 11) is 0. The molecule has 1 aliphatic heterocycles. The molecule has 4 nitrogen and oxygen atoms in total. The molecule has 1 aromatic carbocycles. The molecule has 4 rings (SSSR count). The quantitative estimate of drug-likeness (QED) is 0.635. The lowest BCUT2D eigenvalue weighted by Gasteiger charge is -2.30. The molecule has 27 heavy (non-hydrogen) atoms. The molecule has 0 aliphatic carbocycles. The van der Waals surface area contributed by atoms with Crippen LogP contribution in [-0.4, -0.2) is 33.5 Å². The normalized spacial score (nSPS) is 15.7. The van der Waals surface area contributed by atoms with Crippen LogP contribution in [-0.2, 0) is 4.79 Å². The van der Waals surface area contributed by atoms with E-state index in [0.29, 0.717) is 0 Å². The van der Waals surface area contributed by atoms with Crippen molar-refractivity contribution in [2.75, 3.05) is 13.1 Å². The van der Waals surface area contributed by atoms with Gasteiger partial charge in [0.05, 0.1) is 5.52 Å². The van der Waals surface area contributed by atoms with E-state index in [2.05, 4.69) is 19.1 Å². The van der Waals surface area contributed by atoms with Crippen molar-refractivity contribution >= 4 is 17.5 Å². The summed E-state index contributed by atoms with van der Waals surface area (Å²) >= 11 is 0. The van der Waals surface area contributed by atoms with E-state index in [1.165, 1.54) is 6.42 Å². The van der Waals surface area contributed by atoms with Gasteiger partial charge < -0.3 is 4.90 Å². The van der Waals surface area contributed by atoms with Gasteiger partial charge in [-0.25, -0.2) is 4.52 Å². The number of carbonyl (C=O) groups excluding carboxylic acids is 1. The van der Waals surface area contributed by atoms with Gasteiger partial charge in [0, 0.05) is 36.5 Å². The molecule has 1 fully saturated rings. The summed E-state index contributed by atoms with van der Waals surface area (Å²) < 4.78 is 1.87. The van der Waals surface area contributed by atoms with Gasteiger partial charge in [-0.05, 0) is 37.0 Å². The Morgan fingerprint density at radius 2 is 1.85 bits per heavy atom. The Hall–Kier alpha value is -2.88. The first kappa shape index (κ1) is 17.5. The van der Waals surface area contributed by atoms with Crippen molar-refractivity contribution in [3.63, 3.8) is 0 Å². The van der Waals surface area contributed by atoms with Crippen molar-refractivity contribution in [1.82, 2.24) is 14.5 Å². The van der Waals surface area contributed by atoms with E-state index >= 15 is 0 Å². The van der Waals surface area contributed by atoms with Crippen LogP contribution < -0.4 is 0 Å². The minimum absolute atomic E-state index is 0.0962. The zero-order chi connectivity index (χ0) is 18.6. The van der Waals surface area contributed by atoms with Gasteiger partial charge in [0.1, 0.15) is 5.69 Å². The van der Waals surface area contributed by atoms with Crippen LogP contribution in [0.15, 0.2) is 60.8 Å². The molecule has 1 aliphatic rings. The molecule has 4 heteroatoms. The summed E-state index contributed by atoms with van der Waals surface area (Å²) in [6, 6.07) is 16.1. The largest absolute Gasteiger partial charge is 0.339 e. The highest BCUT2D eigenvalue weighted by Crippen LogP contribution is 2.27. The predicted molar refractivity (Wildman–Crippen MR) is 109 cm³/mol. The van der Waals surface area contributed by atoms with Gasteiger partial charge in [0.15, 0.2) is 0 Å². The van der Waals surface area contributed by atoms with Crippen LogP contribution in [0.5, 0.6) is 0 Å². The van der Waals surface area contributed by atoms with Crippen LogP contribution in [0.1, 0.15) is 31.7 Å². The second-order valence-corrected chi connectivity index (χ2v) is 7.17. The molecule has 0 unspecified atom stereocenters. The van der Waals surface area contributed by atoms with Gasteiger partial charge in [0.25, 0.3) is 0 Å². The molecule has 3 aromatic rings. The molecule has 138 valence electrons. The molecule has 1 amide bonds. The molecule has 0 radical (unpaired) electrons. The van der Waals surface area contributed by atoms with Crippen molar-refractivity contribution in [3.05, 3.63) is 66.4 Å². The number of hydrogen-bond acceptors (Lipinski definition) is 2. The summed E-state index contributed by atoms with van der Waals surface area (Å²) in [6.07, 6.45) is 9.02. The predicted octanol–water partition coefficient (Wildman–Crippen LogP) is 4.66. The van der Waals surface area contributed by atoms with Crippen LogP contribution in [0, 0.1) is 5.92 Å². The number of hydrogen-bond donors (Lipinski definition) is 0. The van der Waals surface area contributed by atoms with Gasteiger partial charge in [-0.1, -0.05) is 49.7 Å². The highest BCUT2D eigenvalue weighted by Gasteiger charge is 2.20. The van der Waals surface area contributed by atoms with Gasteiger partial charge in [-0.2, -0.15) is 5.10 Å². The maximum atomic E-state index is 12.7. The van der Waals surface area contributed by atoms with Gasteiger partial charge in [0.2, 0.25) is 5.91 Å². The average molecular weight is 359 g/mol. The molecule has 0 N–H and O–H groups in total. The number of rotatable bonds is 4. The average Bonchev–Trinajstić information content (AvgIpc) is 3.11. The molecule has 0 atom stereocenters. The fraction of sp³-hybridized carbons (Fsp3) is 0.304. The van der Waals surface area contributed by atoms with Crippen LogP contribution >= 0.6 is 0 Å². The Labute approximate surface area is 160 Å². The summed E-state index contributed by atoms with van der Waals surface area (Å²) in [4.78, 5) is 14.7. The van der Waals surface area contributed by atoms with E-state index in [9.17, 15) is 4.79 Å². The fourth-order valence-electron chi connectivity index (χ4n) is 3.81. The minimum Gasteiger partial charge on any atom is -0.339 e. The molecule has 0 bridgehead atoms. The Morgan fingerprint density at radius 1 is 1.11 bits per heavy atom. The van der Waals surface area contributed by atoms with Crippen LogP contribution in [0.4, 0.5) is 0 Å². The smallest absolute Gasteiger partial charge is 0.246 e. The highest BCUT2D eigenvalue weighted by atomic mass is 16.2. The van der Waals surface area contributed by atoms with E-state index in [-0.39, 0.29) is 5.91 Å². The van der Waals surface area contributed by atoms with Crippen LogP contribution in [0.25, 0.3) is 22.9 Å². The summed E-state index contributed by atoms with van der Waals surface area (Å²) in [5, 5.41) is 4.73. The Morgan fingerprint density at radius 3 is 2.59 bits per heavy atom. The van der Waals surface area contributed by atoms with Crippen molar-refractivity contribution in [1.29, 1.82) is 0 Å². The molecular weight excluding hydrogens is 334 g/mol. The lowest BCUT2D eigenvalue weighted by atomic mass is 9.94. The lowest BCUT2D eigenvalue weighted by molar-refractivity contribution is -0.127. The van der Waals surface area contributed by atoms with E-state index in [4.69, 9.17) is 5.10 Å². The van der Waals surface area contributed by atoms with Crippen molar-refractivity contribution in [2.24, 2.45) is 5.92 Å². The van der Waals surface area contributed by atoms with E-state index in [0.717, 1.165) is 54.2 Å². The first-order valence-corrected chi connectivity index (χ1v) is 9.76. The molecule has 0 saturated carbocycles. The molecular formula is C23H25N3O. The number of pyridine rings is 1. The second-order valence-electron chi connectivity index (χ2n) is 7.17. The highest BCUT2D eigenvalue weighted by molar-refractivity contribution is 5.95. The molecule has 2 aromatic heterocycles. The Balaban J connectivity index is 1.63. The zero-order valence-corrected chi connectivity index (χ0v) is 15.7. The second kappa shape index (κ2) is 7.78. The van der Waals surface area contributed by atoms with Crippen molar-refractivity contribution in [2.45, 2.75) is 26.2 Å². The summed E-state index contributed by atoms with van der Waals surface area (Å²) in [5.41, 5.74) is 3.94. The monoisotopic (exact) mass is 359 g/mol. The minimum atomic E-state index is 0.0962. The Kier molecular flexibility index (Phi) is 5.05. The number of likely N-dealkylation sites (tertiary alicyclic amines) is 1. The number of aromatic nitrogens is 2. The number of carbonyl (C=O) groups is 1. The third-order valence-corrected chi connectivity index (χ3v) is 5.52. The maximum Gasteiger partial charge on any atom is 0.246 e. The Bertz CT molecular complexity index is 950. The zero-order valence-electron chi connectivity index (χ0n) is 15.7. The van der Waals surface area contributed by atoms with Crippen LogP contribution in [0.2, 0.25) is 0 Å². The molecule has 0 spiro atoms. The van der Waals surface area contributed by atoms with Crippen LogP contribution in [0.3, 0.4) is 0 Å². The first-order chi connectivity index (χ1) is 13.3. The van der Waals surface area contributed by atoms with Crippen molar-refractivity contribution < 1.29 is 4.79 Å². The maximum absolute atomic E-state index is 12.7. The third kappa shape index (κ3) is 3.65. The number of amides is 1. The van der Waals surface area contributed by atoms with Gasteiger partial charge in [-0.15, -0.1) is 0 Å². The number of piperidine rings is 1. The SMILES string of the molecule is CCC1CCN(C(=O)/C=C/c2c(-c3ccccc3)nn3ccccc23)CC1. The van der Waals surface area contributed by atoms with Crippen molar-refractivity contribution in [3.8, 4) is 11.3 Å². The van der Waals surface area contributed by atoms with E-state index < -0.39 is 0 Å². The number of benzene rings is 1. The lowest BCUT2D eigenvalue weighted by Crippen LogP contribution is -2.37. The summed E-state index contributed by atoms with van der Waals surface area (Å²) in [5.74, 6) is 0.862. The number of nitrogens with zero attached hydrogens (tertiary/aromatic N) is 3. The first-order valence-electron chi connectivity index (χ1n) is 9.76. The van der Waals surface area contributed by atoms with Gasteiger partial charge >= 0.3 is 0 Å². The molecule has 1 saturated heterocycles. The molecule has 3 heterocycles. The summed E-state index contributed by atoms with van der Waals surface area (Å²) in [6.45, 7) is 3.96.